The molecule has 1 amide bonds. The molecule has 32 heavy (non-hydrogen) atoms. The molecule has 0 heterocycles. The van der Waals surface area contributed by atoms with Gasteiger partial charge in [-0.2, -0.15) is 0 Å². The number of fused-ring (bicyclic) bond motifs is 3. The summed E-state index contributed by atoms with van der Waals surface area (Å²) in [5, 5.41) is 23.3. The smallest absolute Gasteiger partial charge is 0.407 e. The second kappa shape index (κ2) is 9.85. The van der Waals surface area contributed by atoms with Crippen molar-refractivity contribution in [3.8, 4) is 16.9 Å². The van der Waals surface area contributed by atoms with Crippen LogP contribution in [-0.2, 0) is 4.74 Å². The number of hydrogen-bond acceptors (Lipinski definition) is 5. The minimum absolute atomic E-state index is 0.0371. The van der Waals surface area contributed by atoms with Crippen LogP contribution in [0.2, 0.25) is 0 Å². The van der Waals surface area contributed by atoms with Crippen molar-refractivity contribution in [1.82, 2.24) is 5.32 Å². The SMILES string of the molecule is CCOc1cccc(C(O)C(O)CNC(=O)OCC2c3ccccc3-c3ccccc32)c1. The average molecular weight is 434 g/mol. The summed E-state index contributed by atoms with van der Waals surface area (Å²) in [5.41, 5.74) is 5.09. The van der Waals surface area contributed by atoms with E-state index in [4.69, 9.17) is 9.47 Å². The van der Waals surface area contributed by atoms with Crippen LogP contribution in [0.25, 0.3) is 11.1 Å². The highest BCUT2D eigenvalue weighted by atomic mass is 16.5. The van der Waals surface area contributed by atoms with E-state index < -0.39 is 18.3 Å². The van der Waals surface area contributed by atoms with Crippen LogP contribution in [0.15, 0.2) is 72.8 Å². The van der Waals surface area contributed by atoms with E-state index in [0.29, 0.717) is 17.9 Å². The third-order valence-electron chi connectivity index (χ3n) is 5.67. The van der Waals surface area contributed by atoms with Crippen LogP contribution in [0.4, 0.5) is 4.79 Å². The van der Waals surface area contributed by atoms with Crippen LogP contribution in [0.1, 0.15) is 35.6 Å². The zero-order valence-electron chi connectivity index (χ0n) is 17.9. The van der Waals surface area contributed by atoms with E-state index in [0.717, 1.165) is 22.3 Å². The Balaban J connectivity index is 1.32. The zero-order valence-corrected chi connectivity index (χ0v) is 17.9. The topological polar surface area (TPSA) is 88.0 Å². The van der Waals surface area contributed by atoms with Crippen LogP contribution in [-0.4, -0.2) is 42.2 Å². The van der Waals surface area contributed by atoms with E-state index >= 15 is 0 Å². The first-order chi connectivity index (χ1) is 15.6. The molecule has 6 nitrogen and oxygen atoms in total. The lowest BCUT2D eigenvalue weighted by Crippen LogP contribution is -2.36. The number of benzene rings is 3. The Morgan fingerprint density at radius 2 is 1.62 bits per heavy atom. The fourth-order valence-electron chi connectivity index (χ4n) is 4.13. The summed E-state index contributed by atoms with van der Waals surface area (Å²) in [6.07, 6.45) is -2.99. The maximum atomic E-state index is 12.3. The summed E-state index contributed by atoms with van der Waals surface area (Å²) in [5.74, 6) is 0.575. The monoisotopic (exact) mass is 433 g/mol. The Morgan fingerprint density at radius 1 is 0.969 bits per heavy atom. The van der Waals surface area contributed by atoms with Crippen molar-refractivity contribution in [1.29, 1.82) is 0 Å². The second-order valence-corrected chi connectivity index (χ2v) is 7.72. The highest BCUT2D eigenvalue weighted by molar-refractivity contribution is 5.79. The van der Waals surface area contributed by atoms with Gasteiger partial charge in [-0.1, -0.05) is 60.7 Å². The van der Waals surface area contributed by atoms with Crippen molar-refractivity contribution in [3.63, 3.8) is 0 Å². The van der Waals surface area contributed by atoms with Gasteiger partial charge in [0.05, 0.1) is 6.61 Å². The highest BCUT2D eigenvalue weighted by Gasteiger charge is 2.29. The fourth-order valence-corrected chi connectivity index (χ4v) is 4.13. The van der Waals surface area contributed by atoms with Gasteiger partial charge in [0, 0.05) is 12.5 Å². The molecule has 0 bridgehead atoms. The molecule has 6 heteroatoms. The molecule has 0 spiro atoms. The largest absolute Gasteiger partial charge is 0.494 e. The molecule has 3 aromatic rings. The molecule has 0 saturated heterocycles. The Bertz CT molecular complexity index is 1040. The van der Waals surface area contributed by atoms with E-state index in [2.05, 4.69) is 29.6 Å². The second-order valence-electron chi connectivity index (χ2n) is 7.72. The molecular weight excluding hydrogens is 406 g/mol. The highest BCUT2D eigenvalue weighted by Crippen LogP contribution is 2.44. The number of amides is 1. The molecule has 166 valence electrons. The van der Waals surface area contributed by atoms with Gasteiger partial charge in [-0.15, -0.1) is 0 Å². The number of alkyl carbamates (subject to hydrolysis) is 1. The lowest BCUT2D eigenvalue weighted by molar-refractivity contribution is 0.0184. The number of hydrogen-bond donors (Lipinski definition) is 3. The molecule has 0 aliphatic heterocycles. The maximum Gasteiger partial charge on any atom is 0.407 e. The van der Waals surface area contributed by atoms with Crippen LogP contribution >= 0.6 is 0 Å². The standard InChI is InChI=1S/C26H27NO5/c1-2-31-18-9-7-8-17(14-18)25(29)24(28)15-27-26(30)32-16-23-21-12-5-3-10-19(21)20-11-4-6-13-22(20)23/h3-14,23-25,28-29H,2,15-16H2,1H3,(H,27,30). The van der Waals surface area contributed by atoms with E-state index in [9.17, 15) is 15.0 Å². The molecular formula is C26H27NO5. The summed E-state index contributed by atoms with van der Waals surface area (Å²) in [6, 6.07) is 23.1. The number of aliphatic hydroxyl groups excluding tert-OH is 2. The number of nitrogens with one attached hydrogen (secondary N) is 1. The molecule has 1 aliphatic carbocycles. The number of rotatable bonds is 8. The Labute approximate surface area is 187 Å². The van der Waals surface area contributed by atoms with E-state index in [1.165, 1.54) is 0 Å². The Hall–Kier alpha value is -3.35. The predicted octanol–water partition coefficient (Wildman–Crippen LogP) is 4.02. The molecule has 3 aromatic carbocycles. The first-order valence-corrected chi connectivity index (χ1v) is 10.8. The molecule has 4 rings (SSSR count). The van der Waals surface area contributed by atoms with Gasteiger partial charge in [0.2, 0.25) is 0 Å². The lowest BCUT2D eigenvalue weighted by atomic mass is 9.98. The van der Waals surface area contributed by atoms with Crippen molar-refractivity contribution >= 4 is 6.09 Å². The maximum absolute atomic E-state index is 12.3. The molecule has 3 N–H and O–H groups in total. The van der Waals surface area contributed by atoms with Crippen LogP contribution in [0.3, 0.4) is 0 Å². The van der Waals surface area contributed by atoms with Gasteiger partial charge in [-0.3, -0.25) is 0 Å². The van der Waals surface area contributed by atoms with Gasteiger partial charge in [-0.25, -0.2) is 4.79 Å². The summed E-state index contributed by atoms with van der Waals surface area (Å²) in [6.45, 7) is 2.42. The van der Waals surface area contributed by atoms with Crippen LogP contribution in [0.5, 0.6) is 5.75 Å². The van der Waals surface area contributed by atoms with Crippen LogP contribution < -0.4 is 10.1 Å². The van der Waals surface area contributed by atoms with Crippen molar-refractivity contribution in [2.24, 2.45) is 0 Å². The average Bonchev–Trinajstić information content (AvgIpc) is 3.15. The summed E-state index contributed by atoms with van der Waals surface area (Å²) in [7, 11) is 0. The van der Waals surface area contributed by atoms with Crippen molar-refractivity contribution in [2.45, 2.75) is 25.0 Å². The van der Waals surface area contributed by atoms with Gasteiger partial charge >= 0.3 is 6.09 Å². The predicted molar refractivity (Wildman–Crippen MR) is 122 cm³/mol. The van der Waals surface area contributed by atoms with Crippen molar-refractivity contribution < 1.29 is 24.5 Å². The number of carbonyl (C=O) groups is 1. The summed E-state index contributed by atoms with van der Waals surface area (Å²) in [4.78, 5) is 12.3. The van der Waals surface area contributed by atoms with Crippen LogP contribution in [0, 0.1) is 0 Å². The van der Waals surface area contributed by atoms with Gasteiger partial charge in [0.25, 0.3) is 0 Å². The number of ether oxygens (including phenoxy) is 2. The quantitative estimate of drug-likeness (QED) is 0.499. The Kier molecular flexibility index (Phi) is 6.73. The number of aliphatic hydroxyl groups is 2. The molecule has 2 atom stereocenters. The van der Waals surface area contributed by atoms with E-state index in [1.807, 2.05) is 31.2 Å². The minimum atomic E-state index is -1.19. The summed E-state index contributed by atoms with van der Waals surface area (Å²) < 4.78 is 10.9. The van der Waals surface area contributed by atoms with Gasteiger partial charge in [0.15, 0.2) is 0 Å². The number of carbonyl (C=O) groups excluding carboxylic acids is 1. The van der Waals surface area contributed by atoms with Crippen molar-refractivity contribution in [3.05, 3.63) is 89.5 Å². The molecule has 0 saturated carbocycles. The zero-order chi connectivity index (χ0) is 22.5. The normalized spacial score (nSPS) is 14.2. The molecule has 0 radical (unpaired) electrons. The molecule has 0 fully saturated rings. The van der Waals surface area contributed by atoms with Gasteiger partial charge < -0.3 is 25.0 Å². The molecule has 0 aromatic heterocycles. The third-order valence-corrected chi connectivity index (χ3v) is 5.67. The third kappa shape index (κ3) is 4.61. The van der Waals surface area contributed by atoms with E-state index in [-0.39, 0.29) is 19.1 Å². The molecule has 1 aliphatic rings. The first kappa shape index (κ1) is 21.9. The van der Waals surface area contributed by atoms with E-state index in [1.54, 1.807) is 24.3 Å². The fraction of sp³-hybridized carbons (Fsp3) is 0.269. The minimum Gasteiger partial charge on any atom is -0.494 e. The first-order valence-electron chi connectivity index (χ1n) is 10.8. The van der Waals surface area contributed by atoms with Gasteiger partial charge in [0.1, 0.15) is 24.6 Å². The van der Waals surface area contributed by atoms with Crippen molar-refractivity contribution in [2.75, 3.05) is 19.8 Å². The lowest BCUT2D eigenvalue weighted by Gasteiger charge is -2.20. The Morgan fingerprint density at radius 3 is 2.28 bits per heavy atom. The summed E-state index contributed by atoms with van der Waals surface area (Å²) >= 11 is 0. The van der Waals surface area contributed by atoms with Gasteiger partial charge in [-0.05, 0) is 46.9 Å². The molecule has 2 unspecified atom stereocenters.